The van der Waals surface area contributed by atoms with Crippen molar-refractivity contribution in [2.75, 3.05) is 13.2 Å². The minimum absolute atomic E-state index is 0.111. The van der Waals surface area contributed by atoms with Crippen molar-refractivity contribution in [3.8, 4) is 6.07 Å². The number of hydrogen-bond donors (Lipinski definition) is 1. The van der Waals surface area contributed by atoms with Crippen molar-refractivity contribution in [2.24, 2.45) is 0 Å². The molecule has 0 aromatic heterocycles. The molecule has 1 N–H and O–H groups in total. The maximum atomic E-state index is 13.6. The number of nitriles is 1. The van der Waals surface area contributed by atoms with Gasteiger partial charge in [-0.25, -0.2) is 4.39 Å². The second-order valence-corrected chi connectivity index (χ2v) is 4.37. The first-order chi connectivity index (χ1) is 8.24. The molecule has 1 aromatic carbocycles. The van der Waals surface area contributed by atoms with Gasteiger partial charge in [-0.05, 0) is 37.6 Å². The zero-order valence-corrected chi connectivity index (χ0v) is 9.56. The van der Waals surface area contributed by atoms with Crippen LogP contribution >= 0.6 is 0 Å². The summed E-state index contributed by atoms with van der Waals surface area (Å²) in [4.78, 5) is 2.07. The fourth-order valence-electron chi connectivity index (χ4n) is 2.29. The Bertz CT molecular complexity index is 442. The molecule has 0 bridgehead atoms. The standard InChI is InChI=1S/C13H15FN2O/c14-13-4-3-10(7-15)6-11(13)8-16-5-1-2-12(16)9-17/h3-4,6,12,17H,1-2,5,8-9H2/t12-/m0/s1. The summed E-state index contributed by atoms with van der Waals surface area (Å²) in [6.45, 7) is 1.45. The van der Waals surface area contributed by atoms with E-state index in [4.69, 9.17) is 5.26 Å². The summed E-state index contributed by atoms with van der Waals surface area (Å²) < 4.78 is 13.6. The van der Waals surface area contributed by atoms with Crippen LogP contribution in [0.4, 0.5) is 4.39 Å². The van der Waals surface area contributed by atoms with E-state index in [9.17, 15) is 9.50 Å². The van der Waals surface area contributed by atoms with E-state index in [2.05, 4.69) is 4.90 Å². The van der Waals surface area contributed by atoms with E-state index < -0.39 is 0 Å². The van der Waals surface area contributed by atoms with Crippen molar-refractivity contribution in [1.29, 1.82) is 5.26 Å². The molecule has 0 spiro atoms. The first kappa shape index (κ1) is 12.0. The quantitative estimate of drug-likeness (QED) is 0.865. The summed E-state index contributed by atoms with van der Waals surface area (Å²) in [7, 11) is 0. The van der Waals surface area contributed by atoms with E-state index >= 15 is 0 Å². The largest absolute Gasteiger partial charge is 0.395 e. The highest BCUT2D eigenvalue weighted by atomic mass is 19.1. The highest BCUT2D eigenvalue weighted by molar-refractivity contribution is 5.33. The molecule has 1 aliphatic rings. The van der Waals surface area contributed by atoms with Crippen LogP contribution in [0.3, 0.4) is 0 Å². The van der Waals surface area contributed by atoms with Crippen LogP contribution in [0.5, 0.6) is 0 Å². The molecule has 1 atom stereocenters. The van der Waals surface area contributed by atoms with Crippen LogP contribution in [0.2, 0.25) is 0 Å². The third-order valence-electron chi connectivity index (χ3n) is 3.26. The number of rotatable bonds is 3. The van der Waals surface area contributed by atoms with Crippen LogP contribution in [0, 0.1) is 17.1 Å². The molecule has 0 unspecified atom stereocenters. The summed E-state index contributed by atoms with van der Waals surface area (Å²) in [5.74, 6) is -0.285. The molecule has 1 fully saturated rings. The number of aliphatic hydroxyl groups is 1. The maximum absolute atomic E-state index is 13.6. The average molecular weight is 234 g/mol. The van der Waals surface area contributed by atoms with Crippen molar-refractivity contribution in [3.05, 3.63) is 35.1 Å². The van der Waals surface area contributed by atoms with Crippen LogP contribution in [0.1, 0.15) is 24.0 Å². The summed E-state index contributed by atoms with van der Waals surface area (Å²) in [5.41, 5.74) is 1.01. The van der Waals surface area contributed by atoms with Crippen molar-refractivity contribution in [3.63, 3.8) is 0 Å². The van der Waals surface area contributed by atoms with Gasteiger partial charge in [-0.3, -0.25) is 4.90 Å². The first-order valence-corrected chi connectivity index (χ1v) is 5.78. The number of hydrogen-bond acceptors (Lipinski definition) is 3. The van der Waals surface area contributed by atoms with Crippen LogP contribution < -0.4 is 0 Å². The molecule has 17 heavy (non-hydrogen) atoms. The van der Waals surface area contributed by atoms with E-state index in [-0.39, 0.29) is 18.5 Å². The van der Waals surface area contributed by atoms with Gasteiger partial charge in [0.2, 0.25) is 0 Å². The van der Waals surface area contributed by atoms with E-state index in [1.807, 2.05) is 6.07 Å². The molecular formula is C13H15FN2O. The third-order valence-corrected chi connectivity index (χ3v) is 3.26. The monoisotopic (exact) mass is 234 g/mol. The Hall–Kier alpha value is -1.44. The van der Waals surface area contributed by atoms with Gasteiger partial charge in [0.15, 0.2) is 0 Å². The lowest BCUT2D eigenvalue weighted by Crippen LogP contribution is -2.31. The Morgan fingerprint density at radius 2 is 2.35 bits per heavy atom. The van der Waals surface area contributed by atoms with Gasteiger partial charge < -0.3 is 5.11 Å². The molecule has 1 aromatic rings. The minimum Gasteiger partial charge on any atom is -0.395 e. The summed E-state index contributed by atoms with van der Waals surface area (Å²) in [6.07, 6.45) is 1.99. The highest BCUT2D eigenvalue weighted by Crippen LogP contribution is 2.21. The fraction of sp³-hybridized carbons (Fsp3) is 0.462. The molecule has 0 radical (unpaired) electrons. The van der Waals surface area contributed by atoms with E-state index in [1.165, 1.54) is 12.1 Å². The number of aliphatic hydroxyl groups excluding tert-OH is 1. The number of benzene rings is 1. The molecule has 1 aliphatic heterocycles. The van der Waals surface area contributed by atoms with E-state index in [0.29, 0.717) is 17.7 Å². The van der Waals surface area contributed by atoms with Crippen molar-refractivity contribution in [1.82, 2.24) is 4.90 Å². The zero-order chi connectivity index (χ0) is 12.3. The second kappa shape index (κ2) is 5.26. The molecule has 1 heterocycles. The second-order valence-electron chi connectivity index (χ2n) is 4.37. The Morgan fingerprint density at radius 3 is 3.06 bits per heavy atom. The molecule has 4 heteroatoms. The van der Waals surface area contributed by atoms with Gasteiger partial charge in [0, 0.05) is 18.2 Å². The lowest BCUT2D eigenvalue weighted by molar-refractivity contribution is 0.152. The van der Waals surface area contributed by atoms with Gasteiger partial charge in [-0.2, -0.15) is 5.26 Å². The van der Waals surface area contributed by atoms with Crippen molar-refractivity contribution < 1.29 is 9.50 Å². The van der Waals surface area contributed by atoms with Gasteiger partial charge in [-0.15, -0.1) is 0 Å². The Labute approximate surface area is 100 Å². The molecule has 0 saturated carbocycles. The van der Waals surface area contributed by atoms with Crippen LogP contribution in [-0.4, -0.2) is 29.2 Å². The van der Waals surface area contributed by atoms with Crippen molar-refractivity contribution in [2.45, 2.75) is 25.4 Å². The van der Waals surface area contributed by atoms with Crippen molar-refractivity contribution >= 4 is 0 Å². The van der Waals surface area contributed by atoms with Gasteiger partial charge in [0.25, 0.3) is 0 Å². The number of nitrogens with zero attached hydrogens (tertiary/aromatic N) is 2. The minimum atomic E-state index is -0.285. The van der Waals surface area contributed by atoms with E-state index in [0.717, 1.165) is 19.4 Å². The van der Waals surface area contributed by atoms with Crippen LogP contribution in [0.25, 0.3) is 0 Å². The molecule has 0 amide bonds. The third kappa shape index (κ3) is 2.63. The fourth-order valence-corrected chi connectivity index (χ4v) is 2.29. The Balaban J connectivity index is 2.15. The average Bonchev–Trinajstić information content (AvgIpc) is 2.79. The molecule has 3 nitrogen and oxygen atoms in total. The van der Waals surface area contributed by atoms with Gasteiger partial charge >= 0.3 is 0 Å². The molecular weight excluding hydrogens is 219 g/mol. The topological polar surface area (TPSA) is 47.3 Å². The van der Waals surface area contributed by atoms with Crippen LogP contribution in [0.15, 0.2) is 18.2 Å². The molecule has 90 valence electrons. The molecule has 0 aliphatic carbocycles. The van der Waals surface area contributed by atoms with Crippen LogP contribution in [-0.2, 0) is 6.54 Å². The summed E-state index contributed by atoms with van der Waals surface area (Å²) >= 11 is 0. The first-order valence-electron chi connectivity index (χ1n) is 5.78. The smallest absolute Gasteiger partial charge is 0.127 e. The lowest BCUT2D eigenvalue weighted by atomic mass is 10.1. The lowest BCUT2D eigenvalue weighted by Gasteiger charge is -2.22. The SMILES string of the molecule is N#Cc1ccc(F)c(CN2CCC[C@H]2CO)c1. The predicted molar refractivity (Wildman–Crippen MR) is 61.6 cm³/mol. The Morgan fingerprint density at radius 1 is 1.53 bits per heavy atom. The summed E-state index contributed by atoms with van der Waals surface area (Å²) in [6, 6.07) is 6.53. The number of halogens is 1. The predicted octanol–water partition coefficient (Wildman–Crippen LogP) is 1.65. The number of likely N-dealkylation sites (tertiary alicyclic amines) is 1. The Kier molecular flexibility index (Phi) is 3.72. The van der Waals surface area contributed by atoms with Gasteiger partial charge in [-0.1, -0.05) is 0 Å². The molecule has 2 rings (SSSR count). The normalized spacial score (nSPS) is 20.4. The van der Waals surface area contributed by atoms with Gasteiger partial charge in [0.1, 0.15) is 5.82 Å². The van der Waals surface area contributed by atoms with E-state index in [1.54, 1.807) is 6.07 Å². The highest BCUT2D eigenvalue weighted by Gasteiger charge is 2.24. The summed E-state index contributed by atoms with van der Waals surface area (Å²) in [5, 5.41) is 18.0. The maximum Gasteiger partial charge on any atom is 0.127 e. The zero-order valence-electron chi connectivity index (χ0n) is 9.56. The van der Waals surface area contributed by atoms with Gasteiger partial charge in [0.05, 0.1) is 18.2 Å². The molecule has 1 saturated heterocycles.